The first-order valence-electron chi connectivity index (χ1n) is 8.41. The summed E-state index contributed by atoms with van der Waals surface area (Å²) >= 11 is 0. The van der Waals surface area contributed by atoms with Gasteiger partial charge in [-0.05, 0) is 31.7 Å². The van der Waals surface area contributed by atoms with Crippen molar-refractivity contribution in [2.45, 2.75) is 57.1 Å². The number of aliphatic hydroxyl groups is 1. The van der Waals surface area contributed by atoms with Gasteiger partial charge in [0.25, 0.3) is 0 Å². The van der Waals surface area contributed by atoms with E-state index in [0.29, 0.717) is 6.54 Å². The molecule has 3 atom stereocenters. The molecule has 0 aliphatic heterocycles. The molecule has 0 saturated heterocycles. The summed E-state index contributed by atoms with van der Waals surface area (Å²) < 4.78 is 5.47. The summed E-state index contributed by atoms with van der Waals surface area (Å²) in [5, 5.41) is 13.2. The molecule has 1 heterocycles. The van der Waals surface area contributed by atoms with Crippen molar-refractivity contribution in [1.29, 1.82) is 0 Å². The molecule has 1 saturated carbocycles. The van der Waals surface area contributed by atoms with Gasteiger partial charge in [-0.25, -0.2) is 4.79 Å². The van der Waals surface area contributed by atoms with Crippen molar-refractivity contribution < 1.29 is 14.3 Å². The molecule has 2 aliphatic rings. The van der Waals surface area contributed by atoms with Gasteiger partial charge in [-0.2, -0.15) is 0 Å². The van der Waals surface area contributed by atoms with Gasteiger partial charge in [0.15, 0.2) is 0 Å². The summed E-state index contributed by atoms with van der Waals surface area (Å²) in [6, 6.07) is 1.95. The van der Waals surface area contributed by atoms with Gasteiger partial charge in [-0.1, -0.05) is 12.8 Å². The molecular formula is C17H26N2O3. The highest BCUT2D eigenvalue weighted by Gasteiger charge is 2.28. The Bertz CT molecular complexity index is 514. The normalized spacial score (nSPS) is 28.0. The van der Waals surface area contributed by atoms with Crippen LogP contribution in [0.1, 0.15) is 55.9 Å². The minimum atomic E-state index is -0.265. The van der Waals surface area contributed by atoms with E-state index < -0.39 is 0 Å². The molecule has 5 heteroatoms. The van der Waals surface area contributed by atoms with Crippen molar-refractivity contribution in [2.24, 2.45) is 5.92 Å². The predicted octanol–water partition coefficient (Wildman–Crippen LogP) is 2.85. The number of amides is 2. The van der Waals surface area contributed by atoms with Crippen molar-refractivity contribution in [2.75, 3.05) is 13.6 Å². The van der Waals surface area contributed by atoms with Gasteiger partial charge in [0.1, 0.15) is 5.76 Å². The molecule has 1 aromatic heterocycles. The molecule has 2 N–H and O–H groups in total. The summed E-state index contributed by atoms with van der Waals surface area (Å²) in [7, 11) is 1.82. The first-order chi connectivity index (χ1) is 10.6. The van der Waals surface area contributed by atoms with Crippen LogP contribution in [0.5, 0.6) is 0 Å². The summed E-state index contributed by atoms with van der Waals surface area (Å²) in [5.41, 5.74) is 1.12. The molecule has 5 nitrogen and oxygen atoms in total. The standard InChI is InChI=1S/C17H26N2O3/c1-19(11-12-5-2-3-7-15(12)20)17(21)18-14-6-4-8-16-13(14)9-10-22-16/h9-10,12,14-15,20H,2-8,11H2,1H3,(H,18,21). The van der Waals surface area contributed by atoms with Crippen molar-refractivity contribution in [1.82, 2.24) is 10.2 Å². The van der Waals surface area contributed by atoms with Gasteiger partial charge < -0.3 is 19.7 Å². The van der Waals surface area contributed by atoms with E-state index in [9.17, 15) is 9.90 Å². The van der Waals surface area contributed by atoms with E-state index in [4.69, 9.17) is 4.42 Å². The largest absolute Gasteiger partial charge is 0.469 e. The fraction of sp³-hybridized carbons (Fsp3) is 0.706. The Morgan fingerprint density at radius 2 is 2.18 bits per heavy atom. The van der Waals surface area contributed by atoms with Crippen LogP contribution in [0.3, 0.4) is 0 Å². The average molecular weight is 306 g/mol. The van der Waals surface area contributed by atoms with Crippen molar-refractivity contribution in [3.8, 4) is 0 Å². The number of aryl methyl sites for hydroxylation is 1. The Morgan fingerprint density at radius 1 is 1.36 bits per heavy atom. The van der Waals surface area contributed by atoms with Gasteiger partial charge in [-0.3, -0.25) is 0 Å². The number of hydrogen-bond donors (Lipinski definition) is 2. The average Bonchev–Trinajstić information content (AvgIpc) is 2.99. The third-order valence-corrected chi connectivity index (χ3v) is 5.07. The van der Waals surface area contributed by atoms with Gasteiger partial charge in [0.2, 0.25) is 0 Å². The van der Waals surface area contributed by atoms with Crippen LogP contribution >= 0.6 is 0 Å². The van der Waals surface area contributed by atoms with Gasteiger partial charge >= 0.3 is 6.03 Å². The molecule has 3 rings (SSSR count). The molecule has 1 fully saturated rings. The van der Waals surface area contributed by atoms with Crippen LogP contribution in [0.2, 0.25) is 0 Å². The molecule has 0 bridgehead atoms. The lowest BCUT2D eigenvalue weighted by Crippen LogP contribution is -2.44. The van der Waals surface area contributed by atoms with Crippen LogP contribution < -0.4 is 5.32 Å². The fourth-order valence-corrected chi connectivity index (χ4v) is 3.73. The minimum absolute atomic E-state index is 0.0497. The van der Waals surface area contributed by atoms with E-state index >= 15 is 0 Å². The van der Waals surface area contributed by atoms with Crippen molar-refractivity contribution >= 4 is 6.03 Å². The number of aliphatic hydroxyl groups excluding tert-OH is 1. The van der Waals surface area contributed by atoms with Crippen molar-refractivity contribution in [3.63, 3.8) is 0 Å². The molecule has 3 unspecified atom stereocenters. The maximum atomic E-state index is 12.4. The number of carbonyl (C=O) groups is 1. The van der Waals surface area contributed by atoms with Gasteiger partial charge in [0, 0.05) is 31.5 Å². The third kappa shape index (κ3) is 3.29. The molecule has 0 aromatic carbocycles. The minimum Gasteiger partial charge on any atom is -0.469 e. The topological polar surface area (TPSA) is 65.7 Å². The second-order valence-electron chi connectivity index (χ2n) is 6.69. The Kier molecular flexibility index (Phi) is 4.71. The van der Waals surface area contributed by atoms with Crippen LogP contribution in [0, 0.1) is 5.92 Å². The molecule has 122 valence electrons. The first-order valence-corrected chi connectivity index (χ1v) is 8.41. The second kappa shape index (κ2) is 6.73. The van der Waals surface area contributed by atoms with Crippen LogP contribution in [-0.4, -0.2) is 35.7 Å². The molecule has 0 spiro atoms. The monoisotopic (exact) mass is 306 g/mol. The zero-order valence-electron chi connectivity index (χ0n) is 13.3. The third-order valence-electron chi connectivity index (χ3n) is 5.07. The van der Waals surface area contributed by atoms with Crippen LogP contribution in [0.15, 0.2) is 16.7 Å². The number of nitrogens with zero attached hydrogens (tertiary/aromatic N) is 1. The lowest BCUT2D eigenvalue weighted by Gasteiger charge is -2.32. The van der Waals surface area contributed by atoms with Gasteiger partial charge in [0.05, 0.1) is 18.4 Å². The number of hydrogen-bond acceptors (Lipinski definition) is 3. The van der Waals surface area contributed by atoms with E-state index in [1.165, 1.54) is 0 Å². The highest BCUT2D eigenvalue weighted by molar-refractivity contribution is 5.74. The number of urea groups is 1. The zero-order chi connectivity index (χ0) is 15.5. The molecule has 2 aliphatic carbocycles. The van der Waals surface area contributed by atoms with E-state index in [1.807, 2.05) is 13.1 Å². The second-order valence-corrected chi connectivity index (χ2v) is 6.69. The van der Waals surface area contributed by atoms with E-state index in [1.54, 1.807) is 11.2 Å². The molecule has 2 amide bonds. The first kappa shape index (κ1) is 15.4. The Morgan fingerprint density at radius 3 is 3.00 bits per heavy atom. The van der Waals surface area contributed by atoms with Crippen molar-refractivity contribution in [3.05, 3.63) is 23.7 Å². The number of furan rings is 1. The highest BCUT2D eigenvalue weighted by Crippen LogP contribution is 2.30. The maximum absolute atomic E-state index is 12.4. The Balaban J connectivity index is 1.56. The van der Waals surface area contributed by atoms with Crippen LogP contribution in [-0.2, 0) is 6.42 Å². The Labute approximate surface area is 131 Å². The summed E-state index contributed by atoms with van der Waals surface area (Å²) in [6.45, 7) is 0.623. The van der Waals surface area contributed by atoms with E-state index in [-0.39, 0.29) is 24.1 Å². The predicted molar refractivity (Wildman–Crippen MR) is 83.5 cm³/mol. The molecule has 0 radical (unpaired) electrons. The van der Waals surface area contributed by atoms with E-state index in [0.717, 1.165) is 56.3 Å². The summed E-state index contributed by atoms with van der Waals surface area (Å²) in [6.07, 6.45) is 8.51. The zero-order valence-corrected chi connectivity index (χ0v) is 13.3. The lowest BCUT2D eigenvalue weighted by atomic mass is 9.86. The van der Waals surface area contributed by atoms with Gasteiger partial charge in [-0.15, -0.1) is 0 Å². The van der Waals surface area contributed by atoms with Crippen LogP contribution in [0.4, 0.5) is 4.79 Å². The Hall–Kier alpha value is -1.49. The fourth-order valence-electron chi connectivity index (χ4n) is 3.73. The summed E-state index contributed by atoms with van der Waals surface area (Å²) in [4.78, 5) is 14.1. The lowest BCUT2D eigenvalue weighted by molar-refractivity contribution is 0.0562. The van der Waals surface area contributed by atoms with E-state index in [2.05, 4.69) is 5.32 Å². The number of nitrogens with one attached hydrogen (secondary N) is 1. The molecule has 22 heavy (non-hydrogen) atoms. The SMILES string of the molecule is CN(CC1CCCCC1O)C(=O)NC1CCCc2occc21. The maximum Gasteiger partial charge on any atom is 0.317 e. The quantitative estimate of drug-likeness (QED) is 0.902. The highest BCUT2D eigenvalue weighted by atomic mass is 16.3. The number of rotatable bonds is 3. The summed E-state index contributed by atoms with van der Waals surface area (Å²) in [5.74, 6) is 1.21. The van der Waals surface area contributed by atoms with Crippen LogP contribution in [0.25, 0.3) is 0 Å². The molecular weight excluding hydrogens is 280 g/mol. The number of carbonyl (C=O) groups excluding carboxylic acids is 1. The molecule has 1 aromatic rings. The smallest absolute Gasteiger partial charge is 0.317 e. The number of fused-ring (bicyclic) bond motifs is 1.